The summed E-state index contributed by atoms with van der Waals surface area (Å²) < 4.78 is 65.9. The van der Waals surface area contributed by atoms with E-state index in [2.05, 4.69) is 31.3 Å². The zero-order valence-corrected chi connectivity index (χ0v) is 38.8. The molecule has 0 radical (unpaired) electrons. The smallest absolute Gasteiger partial charge is 0.464 e. The van der Waals surface area contributed by atoms with E-state index in [1.54, 1.807) is 32.0 Å². The predicted octanol–water partition coefficient (Wildman–Crippen LogP) is 6.81. The molecule has 1 aliphatic heterocycles. The number of halogens is 1. The van der Waals surface area contributed by atoms with E-state index in [9.17, 15) is 28.5 Å². The number of hydrogen-bond acceptors (Lipinski definition) is 18. The number of esters is 3. The first-order chi connectivity index (χ1) is 30.7. The Morgan fingerprint density at radius 1 is 1.08 bits per heavy atom. The number of aryl methyl sites for hydroxylation is 1. The zero-order valence-electron chi connectivity index (χ0n) is 37.1. The highest BCUT2D eigenvalue weighted by Gasteiger charge is 2.53. The second kappa shape index (κ2) is 21.5. The van der Waals surface area contributed by atoms with Crippen molar-refractivity contribution in [3.8, 4) is 18.1 Å². The van der Waals surface area contributed by atoms with Gasteiger partial charge in [-0.05, 0) is 57.3 Å². The summed E-state index contributed by atoms with van der Waals surface area (Å²) in [6.45, 7) is 12.1. The Kier molecular flexibility index (Phi) is 16.6. The molecule has 23 heteroatoms. The number of nitrogens with one attached hydrogen (secondary N) is 2. The molecule has 0 aliphatic carbocycles. The van der Waals surface area contributed by atoms with Crippen LogP contribution in [0.3, 0.4) is 0 Å². The largest absolute Gasteiger partial charge is 0.519 e. The topological polar surface area (TPSA) is 261 Å². The van der Waals surface area contributed by atoms with E-state index < -0.39 is 86.1 Å². The highest BCUT2D eigenvalue weighted by atomic mass is 35.5. The lowest BCUT2D eigenvalue weighted by molar-refractivity contribution is -0.162. The van der Waals surface area contributed by atoms with Crippen LogP contribution >= 0.6 is 19.3 Å². The molecule has 0 spiro atoms. The number of ether oxygens (including phenoxy) is 5. The number of imidazole rings is 1. The average Bonchev–Trinajstić information content (AvgIpc) is 3.93. The van der Waals surface area contributed by atoms with Crippen molar-refractivity contribution in [3.05, 3.63) is 64.1 Å². The van der Waals surface area contributed by atoms with Crippen molar-refractivity contribution >= 4 is 60.3 Å². The molecule has 352 valence electrons. The van der Waals surface area contributed by atoms with Gasteiger partial charge in [0.1, 0.15) is 36.3 Å². The predicted molar refractivity (Wildman–Crippen MR) is 230 cm³/mol. The highest BCUT2D eigenvalue weighted by Crippen LogP contribution is 2.48. The lowest BCUT2D eigenvalue weighted by atomic mass is 9.98. The van der Waals surface area contributed by atoms with E-state index in [4.69, 9.17) is 59.6 Å². The molecule has 5 atom stereocenters. The number of anilines is 1. The van der Waals surface area contributed by atoms with Gasteiger partial charge in [-0.3, -0.25) is 28.8 Å². The second-order valence-corrected chi connectivity index (χ2v) is 18.0. The van der Waals surface area contributed by atoms with Gasteiger partial charge in [0.2, 0.25) is 5.28 Å². The number of aromatic nitrogens is 4. The monoisotopic (exact) mass is 946 g/mol. The summed E-state index contributed by atoms with van der Waals surface area (Å²) in [4.78, 5) is 76.0. The van der Waals surface area contributed by atoms with Crippen LogP contribution in [0.1, 0.15) is 91.9 Å². The van der Waals surface area contributed by atoms with Crippen LogP contribution in [0.25, 0.3) is 11.2 Å². The Bertz CT molecular complexity index is 2480. The fraction of sp³-hybridized carbons (Fsp3) is 0.524. The van der Waals surface area contributed by atoms with Crippen LogP contribution in [0.2, 0.25) is 5.28 Å². The molecule has 1 saturated heterocycles. The van der Waals surface area contributed by atoms with Crippen molar-refractivity contribution in [2.24, 2.45) is 11.8 Å². The fourth-order valence-electron chi connectivity index (χ4n) is 6.30. The number of hydrogen-bond donors (Lipinski definition) is 2. The van der Waals surface area contributed by atoms with Crippen LogP contribution in [-0.2, 0) is 53.8 Å². The number of amides is 1. The van der Waals surface area contributed by atoms with Gasteiger partial charge in [0.05, 0.1) is 25.3 Å². The molecule has 5 rings (SSSR count). The van der Waals surface area contributed by atoms with Crippen LogP contribution in [0.4, 0.5) is 10.6 Å². The summed E-state index contributed by atoms with van der Waals surface area (Å²) in [5.41, 5.74) is -3.28. The number of fused-ring (bicyclic) bond motifs is 1. The van der Waals surface area contributed by atoms with Gasteiger partial charge in [-0.1, -0.05) is 64.7 Å². The van der Waals surface area contributed by atoms with E-state index in [0.717, 1.165) is 12.8 Å². The molecule has 0 bridgehead atoms. The second-order valence-electron chi connectivity index (χ2n) is 16.0. The number of nitrogens with zero attached hydrogens (tertiary/aromatic N) is 4. The third kappa shape index (κ3) is 13.2. The van der Waals surface area contributed by atoms with E-state index in [0.29, 0.717) is 0 Å². The molecular formula is C42H52ClN6O15P. The van der Waals surface area contributed by atoms with E-state index in [1.807, 2.05) is 13.8 Å². The van der Waals surface area contributed by atoms with Gasteiger partial charge in [0, 0.05) is 6.42 Å². The van der Waals surface area contributed by atoms with E-state index >= 15 is 0 Å². The third-order valence-electron chi connectivity index (χ3n) is 10.1. The number of terminal acetylenes is 1. The third-order valence-corrected chi connectivity index (χ3v) is 11.9. The maximum absolute atomic E-state index is 14.6. The molecule has 1 fully saturated rings. The van der Waals surface area contributed by atoms with Gasteiger partial charge in [0.25, 0.3) is 0 Å². The molecule has 1 aromatic carbocycles. The van der Waals surface area contributed by atoms with Crippen LogP contribution in [0.5, 0.6) is 5.75 Å². The van der Waals surface area contributed by atoms with Gasteiger partial charge >= 0.3 is 37.6 Å². The summed E-state index contributed by atoms with van der Waals surface area (Å²) in [5.74, 6) is -0.826. The number of rotatable bonds is 21. The quantitative estimate of drug-likeness (QED) is 0.0285. The standard InChI is InChI=1S/C42H52ClN6O15P/c1-10-27(11-2)20-57-37(52)25(6)48-65(55,64-28-16-14-13-15-17-28)58-22-42(12-3)30(61-36(51)24(4)5)18-31(62-42)49-23-44-33-34(45-38(43)47-35(33)49)46-39(53)63-41(8,9)19-32(50)56-21-29-26(7)59-40(54)60-29/h3,13-17,23-25,27,30-31H,10-11,18-22H2,1-2,4-9H3,(H,48,55)(H,45,46,47,53)/t25-,30-,31+,42+,65-/m0/s1. The molecular weight excluding hydrogens is 895 g/mol. The van der Waals surface area contributed by atoms with Crippen molar-refractivity contribution < 1.29 is 65.3 Å². The molecule has 2 N–H and O–H groups in total. The number of benzene rings is 1. The molecule has 4 aromatic rings. The number of carbonyl (C=O) groups excluding carboxylic acids is 4. The molecule has 1 amide bonds. The number of carbonyl (C=O) groups is 4. The van der Waals surface area contributed by atoms with Crippen molar-refractivity contribution in [1.29, 1.82) is 0 Å². The van der Waals surface area contributed by atoms with Crippen LogP contribution in [0.15, 0.2) is 50.3 Å². The number of para-hydroxylation sites is 1. The summed E-state index contributed by atoms with van der Waals surface area (Å²) in [6, 6.07) is 6.91. The van der Waals surface area contributed by atoms with Gasteiger partial charge < -0.3 is 37.0 Å². The Balaban J connectivity index is 1.36. The maximum atomic E-state index is 14.6. The molecule has 21 nitrogen and oxygen atoms in total. The summed E-state index contributed by atoms with van der Waals surface area (Å²) in [7, 11) is -4.51. The van der Waals surface area contributed by atoms with E-state index in [-0.39, 0.29) is 65.1 Å². The lowest BCUT2D eigenvalue weighted by Gasteiger charge is -2.31. The maximum Gasteiger partial charge on any atom is 0.519 e. The SMILES string of the molecule is C#C[C@]1(CO[P@@](=O)(N[C@@H](C)C(=O)OCC(CC)CC)Oc2ccccc2)O[C@@H](n2cnc3c(NC(=O)OC(C)(C)CC(=O)OCc4oc(=O)oc4C)nc(Cl)nc32)C[C@@H]1OC(=O)C(C)C. The minimum absolute atomic E-state index is 0.0179. The van der Waals surface area contributed by atoms with Gasteiger partial charge in [0.15, 0.2) is 40.7 Å². The zero-order chi connectivity index (χ0) is 47.7. The average molecular weight is 947 g/mol. The normalized spacial score (nSPS) is 18.7. The molecule has 0 unspecified atom stereocenters. The first kappa shape index (κ1) is 50.2. The van der Waals surface area contributed by atoms with E-state index in [1.165, 1.54) is 50.7 Å². The Morgan fingerprint density at radius 3 is 2.42 bits per heavy atom. The Hall–Kier alpha value is -5.78. The van der Waals surface area contributed by atoms with Gasteiger partial charge in [-0.25, -0.2) is 19.1 Å². The van der Waals surface area contributed by atoms with Crippen molar-refractivity contribution in [3.63, 3.8) is 0 Å². The summed E-state index contributed by atoms with van der Waals surface area (Å²) >= 11 is 6.34. The Morgan fingerprint density at radius 2 is 1.78 bits per heavy atom. The molecule has 4 heterocycles. The molecule has 1 aliphatic rings. The van der Waals surface area contributed by atoms with Crippen molar-refractivity contribution in [2.45, 2.75) is 117 Å². The summed E-state index contributed by atoms with van der Waals surface area (Å²) in [6.07, 6.45) is 5.16. The van der Waals surface area contributed by atoms with Crippen LogP contribution in [0, 0.1) is 31.1 Å². The minimum Gasteiger partial charge on any atom is -0.464 e. The lowest BCUT2D eigenvalue weighted by Crippen LogP contribution is -2.46. The first-order valence-corrected chi connectivity index (χ1v) is 22.6. The fourth-order valence-corrected chi connectivity index (χ4v) is 7.99. The summed E-state index contributed by atoms with van der Waals surface area (Å²) in [5, 5.41) is 4.78. The van der Waals surface area contributed by atoms with Crippen molar-refractivity contribution in [1.82, 2.24) is 24.6 Å². The van der Waals surface area contributed by atoms with Gasteiger partial charge in [-0.15, -0.1) is 6.42 Å². The minimum atomic E-state index is -4.51. The first-order valence-electron chi connectivity index (χ1n) is 20.6. The molecule has 3 aromatic heterocycles. The Labute approximate surface area is 379 Å². The molecule has 65 heavy (non-hydrogen) atoms. The van der Waals surface area contributed by atoms with Gasteiger partial charge in [-0.2, -0.15) is 15.1 Å². The van der Waals surface area contributed by atoms with Crippen LogP contribution in [-0.4, -0.2) is 80.1 Å². The highest BCUT2D eigenvalue weighted by molar-refractivity contribution is 7.52. The van der Waals surface area contributed by atoms with Crippen molar-refractivity contribution in [2.75, 3.05) is 18.5 Å². The molecule has 0 saturated carbocycles. The van der Waals surface area contributed by atoms with Crippen LogP contribution < -0.4 is 20.8 Å².